The first-order chi connectivity index (χ1) is 10.4. The number of aromatic nitrogens is 4. The van der Waals surface area contributed by atoms with Crippen LogP contribution in [0.5, 0.6) is 0 Å². The zero-order valence-electron chi connectivity index (χ0n) is 11.9. The largest absolute Gasteiger partial charge is 0.351 e. The fourth-order valence-electron chi connectivity index (χ4n) is 2.52. The van der Waals surface area contributed by atoms with Crippen LogP contribution in [-0.2, 0) is 28.2 Å². The Morgan fingerprint density at radius 3 is 2.95 bits per heavy atom. The van der Waals surface area contributed by atoms with Crippen molar-refractivity contribution >= 4 is 26.8 Å². The highest BCUT2D eigenvalue weighted by Crippen LogP contribution is 2.11. The van der Waals surface area contributed by atoms with E-state index in [9.17, 15) is 18.0 Å². The zero-order chi connectivity index (χ0) is 15.9. The lowest BCUT2D eigenvalue weighted by Gasteiger charge is -2.11. The molecule has 1 amide bonds. The number of aryl methyl sites for hydroxylation is 1. The molecule has 0 saturated carbocycles. The molecule has 1 aliphatic rings. The molecule has 1 aliphatic heterocycles. The minimum absolute atomic E-state index is 0.0481. The number of hydrogen-bond acceptors (Lipinski definition) is 6. The van der Waals surface area contributed by atoms with Crippen LogP contribution in [-0.4, -0.2) is 51.2 Å². The first-order valence-corrected chi connectivity index (χ1v) is 8.55. The molecule has 1 unspecified atom stereocenters. The van der Waals surface area contributed by atoms with Gasteiger partial charge in [-0.2, -0.15) is 5.10 Å². The van der Waals surface area contributed by atoms with Crippen LogP contribution >= 0.6 is 0 Å². The third-order valence-electron chi connectivity index (χ3n) is 3.63. The van der Waals surface area contributed by atoms with Gasteiger partial charge in [0.2, 0.25) is 5.91 Å². The van der Waals surface area contributed by atoms with Crippen molar-refractivity contribution in [1.29, 1.82) is 0 Å². The number of carbonyl (C=O) groups is 1. The first-order valence-electron chi connectivity index (χ1n) is 6.73. The second kappa shape index (κ2) is 5.20. The van der Waals surface area contributed by atoms with Crippen molar-refractivity contribution in [2.24, 2.45) is 7.05 Å². The fraction of sp³-hybridized carbons (Fsp3) is 0.500. The van der Waals surface area contributed by atoms with Crippen LogP contribution in [0.1, 0.15) is 6.42 Å². The summed E-state index contributed by atoms with van der Waals surface area (Å²) in [5, 5.41) is 6.92. The number of sulfone groups is 1. The molecule has 0 spiro atoms. The highest BCUT2D eigenvalue weighted by Gasteiger charge is 2.28. The maximum Gasteiger partial charge on any atom is 0.264 e. The molecule has 2 aromatic heterocycles. The summed E-state index contributed by atoms with van der Waals surface area (Å²) in [7, 11) is -1.38. The topological polar surface area (TPSA) is 116 Å². The second-order valence-corrected chi connectivity index (χ2v) is 7.58. The van der Waals surface area contributed by atoms with Crippen molar-refractivity contribution in [3.63, 3.8) is 0 Å². The summed E-state index contributed by atoms with van der Waals surface area (Å²) in [6.45, 7) is -0.201. The van der Waals surface area contributed by atoms with Gasteiger partial charge < -0.3 is 5.32 Å². The third kappa shape index (κ3) is 2.73. The van der Waals surface area contributed by atoms with Gasteiger partial charge in [-0.1, -0.05) is 0 Å². The normalized spacial score (nSPS) is 20.3. The van der Waals surface area contributed by atoms with E-state index < -0.39 is 15.7 Å². The first kappa shape index (κ1) is 14.7. The van der Waals surface area contributed by atoms with E-state index in [1.54, 1.807) is 7.05 Å². The van der Waals surface area contributed by atoms with Crippen LogP contribution in [0.25, 0.3) is 11.0 Å². The lowest BCUT2D eigenvalue weighted by molar-refractivity contribution is -0.122. The Morgan fingerprint density at radius 2 is 2.27 bits per heavy atom. The van der Waals surface area contributed by atoms with Gasteiger partial charge in [-0.05, 0) is 6.42 Å². The average molecular weight is 325 g/mol. The molecule has 118 valence electrons. The third-order valence-corrected chi connectivity index (χ3v) is 5.40. The van der Waals surface area contributed by atoms with Crippen molar-refractivity contribution in [1.82, 2.24) is 24.6 Å². The van der Waals surface area contributed by atoms with Gasteiger partial charge in [-0.3, -0.25) is 18.8 Å². The van der Waals surface area contributed by atoms with Gasteiger partial charge >= 0.3 is 0 Å². The van der Waals surface area contributed by atoms with E-state index in [2.05, 4.69) is 15.4 Å². The van der Waals surface area contributed by atoms with Crippen LogP contribution in [0.15, 0.2) is 17.3 Å². The molecule has 1 fully saturated rings. The maximum absolute atomic E-state index is 12.2. The smallest absolute Gasteiger partial charge is 0.264 e. The molecule has 22 heavy (non-hydrogen) atoms. The van der Waals surface area contributed by atoms with Gasteiger partial charge in [0, 0.05) is 13.1 Å². The van der Waals surface area contributed by atoms with E-state index in [0.717, 1.165) is 0 Å². The molecule has 10 heteroatoms. The molecular weight excluding hydrogens is 310 g/mol. The SMILES string of the molecule is Cn1ncc2c(=O)n(CC(=O)NC3CCS(=O)(=O)C3)cnc21. The molecular formula is C12H15N5O4S. The molecule has 0 aromatic carbocycles. The van der Waals surface area contributed by atoms with Crippen molar-refractivity contribution in [2.45, 2.75) is 19.0 Å². The number of hydrogen-bond donors (Lipinski definition) is 1. The number of fused-ring (bicyclic) bond motifs is 1. The molecule has 1 atom stereocenters. The van der Waals surface area contributed by atoms with Crippen molar-refractivity contribution in [2.75, 3.05) is 11.5 Å². The maximum atomic E-state index is 12.2. The van der Waals surface area contributed by atoms with Crippen LogP contribution < -0.4 is 10.9 Å². The monoisotopic (exact) mass is 325 g/mol. The molecule has 1 N–H and O–H groups in total. The van der Waals surface area contributed by atoms with E-state index in [1.807, 2.05) is 0 Å². The fourth-order valence-corrected chi connectivity index (χ4v) is 4.19. The molecule has 3 heterocycles. The van der Waals surface area contributed by atoms with Gasteiger partial charge in [0.25, 0.3) is 5.56 Å². The second-order valence-electron chi connectivity index (χ2n) is 5.35. The lowest BCUT2D eigenvalue weighted by Crippen LogP contribution is -2.39. The van der Waals surface area contributed by atoms with Gasteiger partial charge in [-0.25, -0.2) is 13.4 Å². The van der Waals surface area contributed by atoms with Gasteiger partial charge in [0.05, 0.1) is 17.7 Å². The predicted molar refractivity (Wildman–Crippen MR) is 78.0 cm³/mol. The number of nitrogens with zero attached hydrogens (tertiary/aromatic N) is 4. The molecule has 1 saturated heterocycles. The molecule has 0 aliphatic carbocycles. The van der Waals surface area contributed by atoms with E-state index >= 15 is 0 Å². The summed E-state index contributed by atoms with van der Waals surface area (Å²) < 4.78 is 25.4. The van der Waals surface area contributed by atoms with Gasteiger partial charge in [-0.15, -0.1) is 0 Å². The highest BCUT2D eigenvalue weighted by atomic mass is 32.2. The summed E-state index contributed by atoms with van der Waals surface area (Å²) in [6, 6.07) is -0.386. The number of nitrogens with one attached hydrogen (secondary N) is 1. The Bertz CT molecular complexity index is 898. The lowest BCUT2D eigenvalue weighted by atomic mass is 10.2. The van der Waals surface area contributed by atoms with Crippen molar-refractivity contribution < 1.29 is 13.2 Å². The number of carbonyl (C=O) groups excluding carboxylic acids is 1. The summed E-state index contributed by atoms with van der Waals surface area (Å²) in [5.74, 6) is -0.372. The molecule has 3 rings (SSSR count). The quantitative estimate of drug-likeness (QED) is 0.729. The summed E-state index contributed by atoms with van der Waals surface area (Å²) >= 11 is 0. The molecule has 0 radical (unpaired) electrons. The molecule has 2 aromatic rings. The summed E-state index contributed by atoms with van der Waals surface area (Å²) in [4.78, 5) is 28.3. The Labute approximate surface area is 125 Å². The van der Waals surface area contributed by atoms with Crippen LogP contribution in [0.3, 0.4) is 0 Å². The van der Waals surface area contributed by atoms with Gasteiger partial charge in [0.15, 0.2) is 15.5 Å². The Balaban J connectivity index is 1.74. The molecule has 9 nitrogen and oxygen atoms in total. The predicted octanol–water partition coefficient (Wildman–Crippen LogP) is -1.57. The number of rotatable bonds is 3. The van der Waals surface area contributed by atoms with E-state index in [-0.39, 0.29) is 29.7 Å². The molecule has 0 bridgehead atoms. The van der Waals surface area contributed by atoms with Crippen molar-refractivity contribution in [3.05, 3.63) is 22.9 Å². The Hall–Kier alpha value is -2.23. The Morgan fingerprint density at radius 1 is 1.50 bits per heavy atom. The van der Waals surface area contributed by atoms with E-state index in [0.29, 0.717) is 17.5 Å². The van der Waals surface area contributed by atoms with Crippen LogP contribution in [0, 0.1) is 0 Å². The van der Waals surface area contributed by atoms with E-state index in [1.165, 1.54) is 21.8 Å². The summed E-state index contributed by atoms with van der Waals surface area (Å²) in [6.07, 6.45) is 3.10. The number of amides is 1. The van der Waals surface area contributed by atoms with Crippen LogP contribution in [0.2, 0.25) is 0 Å². The average Bonchev–Trinajstić information content (AvgIpc) is 2.97. The van der Waals surface area contributed by atoms with Gasteiger partial charge in [0.1, 0.15) is 18.3 Å². The Kier molecular flexibility index (Phi) is 3.47. The minimum Gasteiger partial charge on any atom is -0.351 e. The van der Waals surface area contributed by atoms with Crippen molar-refractivity contribution in [3.8, 4) is 0 Å². The summed E-state index contributed by atoms with van der Waals surface area (Å²) in [5.41, 5.74) is 0.0934. The highest BCUT2D eigenvalue weighted by molar-refractivity contribution is 7.91. The van der Waals surface area contributed by atoms with Crippen LogP contribution in [0.4, 0.5) is 0 Å². The minimum atomic E-state index is -3.05. The zero-order valence-corrected chi connectivity index (χ0v) is 12.7. The standard InChI is InChI=1S/C12H15N5O4S/c1-16-11-9(4-14-16)12(19)17(7-13-11)5-10(18)15-8-2-3-22(20,21)6-8/h4,7-8H,2-3,5-6H2,1H3,(H,15,18). The van der Waals surface area contributed by atoms with E-state index in [4.69, 9.17) is 0 Å².